The normalized spacial score (nSPS) is 22.4. The summed E-state index contributed by atoms with van der Waals surface area (Å²) < 4.78 is 11.9. The molecule has 2 aliphatic rings. The number of amidine groups is 1. The lowest BCUT2D eigenvalue weighted by Gasteiger charge is -2.36. The van der Waals surface area contributed by atoms with Crippen LogP contribution in [0.15, 0.2) is 72.0 Å². The third kappa shape index (κ3) is 4.55. The summed E-state index contributed by atoms with van der Waals surface area (Å²) in [7, 11) is 5.68. The number of piperidine rings is 1. The molecule has 162 valence electrons. The van der Waals surface area contributed by atoms with Crippen LogP contribution in [-0.4, -0.2) is 67.1 Å². The predicted molar refractivity (Wildman–Crippen MR) is 125 cm³/mol. The number of para-hydroxylation sites is 1. The minimum absolute atomic E-state index is 0.140. The highest BCUT2D eigenvalue weighted by Crippen LogP contribution is 2.29. The molecule has 6 nitrogen and oxygen atoms in total. The number of allylic oxidation sites excluding steroid dienone is 3. The minimum atomic E-state index is 0.140. The monoisotopic (exact) mass is 418 g/mol. The number of hydrogen-bond donors (Lipinski definition) is 0. The van der Waals surface area contributed by atoms with Crippen molar-refractivity contribution in [2.24, 2.45) is 4.99 Å². The van der Waals surface area contributed by atoms with Crippen molar-refractivity contribution in [3.05, 3.63) is 72.7 Å². The second-order valence-corrected chi connectivity index (χ2v) is 7.99. The third-order valence-electron chi connectivity index (χ3n) is 5.91. The van der Waals surface area contributed by atoms with Crippen LogP contribution in [0.1, 0.15) is 18.5 Å². The Morgan fingerprint density at radius 3 is 2.90 bits per heavy atom. The molecule has 0 amide bonds. The number of hydrogen-bond acceptors (Lipinski definition) is 5. The molecule has 2 atom stereocenters. The van der Waals surface area contributed by atoms with Gasteiger partial charge in [-0.05, 0) is 37.8 Å². The number of methoxy groups -OCH3 is 1. The lowest BCUT2D eigenvalue weighted by Crippen LogP contribution is -2.45. The number of nitrogens with zero attached hydrogens (tertiary/aromatic N) is 4. The average molecular weight is 419 g/mol. The summed E-state index contributed by atoms with van der Waals surface area (Å²) in [6.45, 7) is 5.82. The van der Waals surface area contributed by atoms with Crippen LogP contribution in [0.2, 0.25) is 0 Å². The van der Waals surface area contributed by atoms with Gasteiger partial charge in [0, 0.05) is 50.4 Å². The van der Waals surface area contributed by atoms with E-state index in [9.17, 15) is 0 Å². The van der Waals surface area contributed by atoms with E-state index in [2.05, 4.69) is 35.7 Å². The number of rotatable bonds is 5. The summed E-state index contributed by atoms with van der Waals surface area (Å²) in [6, 6.07) is 10.5. The Bertz CT molecular complexity index is 1040. The van der Waals surface area contributed by atoms with Gasteiger partial charge in [-0.15, -0.1) is 0 Å². The molecule has 0 spiro atoms. The van der Waals surface area contributed by atoms with Crippen LogP contribution in [0.4, 0.5) is 0 Å². The number of benzene rings is 1. The number of ether oxygens (including phenoxy) is 2. The van der Waals surface area contributed by atoms with E-state index in [0.29, 0.717) is 12.6 Å². The first-order valence-electron chi connectivity index (χ1n) is 10.7. The fourth-order valence-electron chi connectivity index (χ4n) is 4.18. The van der Waals surface area contributed by atoms with Crippen LogP contribution >= 0.6 is 0 Å². The average Bonchev–Trinajstić information content (AvgIpc) is 2.78. The van der Waals surface area contributed by atoms with Crippen molar-refractivity contribution < 1.29 is 9.47 Å². The maximum absolute atomic E-state index is 6.49. The standard InChI is InChI=1S/C25H30N4O2/c1-18-8-5-6-14-29(18)25(26-2)22-12-11-19-9-7-10-23(24(19)27-22)31-21-13-15-28(3)20(16-21)17-30-4/h5-12,14,20-21H,1,13,15-17H2,2-4H3/t20-,21-/m0/s1. The number of aliphatic imine (C=N–C) groups is 1. The molecule has 0 bridgehead atoms. The van der Waals surface area contributed by atoms with Crippen LogP contribution in [0.25, 0.3) is 10.9 Å². The van der Waals surface area contributed by atoms with E-state index in [1.54, 1.807) is 14.2 Å². The van der Waals surface area contributed by atoms with Crippen molar-refractivity contribution >= 4 is 16.7 Å². The van der Waals surface area contributed by atoms with Crippen LogP contribution in [0.3, 0.4) is 0 Å². The number of likely N-dealkylation sites (N-methyl/N-ethyl adjacent to an activating group) is 1. The molecule has 0 radical (unpaired) electrons. The first kappa shape index (κ1) is 21.3. The second kappa shape index (κ2) is 9.45. The molecule has 0 saturated carbocycles. The smallest absolute Gasteiger partial charge is 0.158 e. The van der Waals surface area contributed by atoms with E-state index in [0.717, 1.165) is 53.3 Å². The fraction of sp³-hybridized carbons (Fsp3) is 0.360. The van der Waals surface area contributed by atoms with Crippen LogP contribution in [-0.2, 0) is 4.74 Å². The number of pyridine rings is 1. The van der Waals surface area contributed by atoms with E-state index >= 15 is 0 Å². The van der Waals surface area contributed by atoms with Gasteiger partial charge in [-0.2, -0.15) is 0 Å². The van der Waals surface area contributed by atoms with Crippen molar-refractivity contribution in [2.75, 3.05) is 34.4 Å². The zero-order valence-electron chi connectivity index (χ0n) is 18.5. The van der Waals surface area contributed by atoms with Crippen LogP contribution in [0, 0.1) is 0 Å². The zero-order chi connectivity index (χ0) is 21.8. The van der Waals surface area contributed by atoms with Gasteiger partial charge in [-0.3, -0.25) is 4.99 Å². The molecule has 31 heavy (non-hydrogen) atoms. The number of fused-ring (bicyclic) bond motifs is 1. The molecule has 0 aliphatic carbocycles. The van der Waals surface area contributed by atoms with Gasteiger partial charge in [0.15, 0.2) is 5.84 Å². The van der Waals surface area contributed by atoms with Gasteiger partial charge >= 0.3 is 0 Å². The number of likely N-dealkylation sites (tertiary alicyclic amines) is 1. The van der Waals surface area contributed by atoms with Gasteiger partial charge in [-0.25, -0.2) is 4.98 Å². The van der Waals surface area contributed by atoms with Gasteiger partial charge < -0.3 is 19.3 Å². The van der Waals surface area contributed by atoms with Gasteiger partial charge in [0.05, 0.1) is 6.61 Å². The summed E-state index contributed by atoms with van der Waals surface area (Å²) in [6.07, 6.45) is 9.90. The topological polar surface area (TPSA) is 50.2 Å². The van der Waals surface area contributed by atoms with Crippen molar-refractivity contribution in [3.8, 4) is 5.75 Å². The van der Waals surface area contributed by atoms with Crippen LogP contribution < -0.4 is 4.74 Å². The van der Waals surface area contributed by atoms with Crippen molar-refractivity contribution in [3.63, 3.8) is 0 Å². The van der Waals surface area contributed by atoms with Crippen LogP contribution in [0.5, 0.6) is 5.75 Å². The summed E-state index contributed by atoms with van der Waals surface area (Å²) >= 11 is 0. The molecule has 0 unspecified atom stereocenters. The summed E-state index contributed by atoms with van der Waals surface area (Å²) in [5.41, 5.74) is 2.49. The molecule has 3 heterocycles. The summed E-state index contributed by atoms with van der Waals surface area (Å²) in [5.74, 6) is 1.56. The summed E-state index contributed by atoms with van der Waals surface area (Å²) in [4.78, 5) is 13.8. The molecule has 1 aromatic carbocycles. The molecular formula is C25H30N4O2. The number of aromatic nitrogens is 1. The van der Waals surface area contributed by atoms with Crippen molar-refractivity contribution in [1.82, 2.24) is 14.8 Å². The van der Waals surface area contributed by atoms with Crippen molar-refractivity contribution in [2.45, 2.75) is 25.0 Å². The molecule has 1 saturated heterocycles. The molecule has 1 fully saturated rings. The Hall–Kier alpha value is -2.96. The predicted octanol–water partition coefficient (Wildman–Crippen LogP) is 4.00. The Balaban J connectivity index is 1.62. The molecule has 4 rings (SSSR count). The lowest BCUT2D eigenvalue weighted by molar-refractivity contribution is 0.0299. The largest absolute Gasteiger partial charge is 0.488 e. The Morgan fingerprint density at radius 1 is 1.26 bits per heavy atom. The van der Waals surface area contributed by atoms with E-state index in [-0.39, 0.29) is 6.10 Å². The van der Waals surface area contributed by atoms with Gasteiger partial charge in [0.25, 0.3) is 0 Å². The van der Waals surface area contributed by atoms with Gasteiger partial charge in [0.1, 0.15) is 23.1 Å². The SMILES string of the molecule is C=C1C=CC=CN1C(=NC)c1ccc2cccc(O[C@H]3CCN(C)[C@H](COC)C3)c2n1. The molecule has 2 aliphatic heterocycles. The highest BCUT2D eigenvalue weighted by Gasteiger charge is 2.28. The van der Waals surface area contributed by atoms with E-state index in [1.165, 1.54) is 0 Å². The second-order valence-electron chi connectivity index (χ2n) is 7.99. The highest BCUT2D eigenvalue weighted by molar-refractivity contribution is 6.01. The summed E-state index contributed by atoms with van der Waals surface area (Å²) in [5, 5.41) is 1.05. The Kier molecular flexibility index (Phi) is 6.49. The molecular weight excluding hydrogens is 388 g/mol. The van der Waals surface area contributed by atoms with Gasteiger partial charge in [0.2, 0.25) is 0 Å². The highest BCUT2D eigenvalue weighted by atomic mass is 16.5. The Labute approximate surface area is 184 Å². The molecule has 6 heteroatoms. The first-order chi connectivity index (χ1) is 15.1. The van der Waals surface area contributed by atoms with E-state index in [1.807, 2.05) is 47.5 Å². The fourth-order valence-corrected chi connectivity index (χ4v) is 4.18. The van der Waals surface area contributed by atoms with E-state index in [4.69, 9.17) is 14.5 Å². The first-order valence-corrected chi connectivity index (χ1v) is 10.7. The zero-order valence-corrected chi connectivity index (χ0v) is 18.5. The minimum Gasteiger partial charge on any atom is -0.488 e. The van der Waals surface area contributed by atoms with Crippen molar-refractivity contribution in [1.29, 1.82) is 0 Å². The molecule has 0 N–H and O–H groups in total. The molecule has 1 aromatic heterocycles. The molecule has 2 aromatic rings. The quantitative estimate of drug-likeness (QED) is 0.543. The maximum atomic E-state index is 6.49. The maximum Gasteiger partial charge on any atom is 0.158 e. The lowest BCUT2D eigenvalue weighted by atomic mass is 10.0. The Morgan fingerprint density at radius 2 is 2.13 bits per heavy atom. The van der Waals surface area contributed by atoms with E-state index < -0.39 is 0 Å². The third-order valence-corrected chi connectivity index (χ3v) is 5.91. The van der Waals surface area contributed by atoms with Gasteiger partial charge in [-0.1, -0.05) is 30.9 Å².